The van der Waals surface area contributed by atoms with Gasteiger partial charge in [-0.1, -0.05) is 0 Å². The Labute approximate surface area is 140 Å². The van der Waals surface area contributed by atoms with Gasteiger partial charge in [0.05, 0.1) is 24.0 Å². The van der Waals surface area contributed by atoms with E-state index in [0.29, 0.717) is 5.75 Å². The van der Waals surface area contributed by atoms with Gasteiger partial charge in [-0.15, -0.1) is 0 Å². The first-order valence-corrected chi connectivity index (χ1v) is 7.98. The smallest absolute Gasteiger partial charge is 0.138 e. The third kappa shape index (κ3) is 4.23. The third-order valence-corrected chi connectivity index (χ3v) is 3.78. The largest absolute Gasteiger partial charge is 0.489 e. The lowest BCUT2D eigenvalue weighted by Gasteiger charge is -2.18. The van der Waals surface area contributed by atoms with E-state index in [2.05, 4.69) is 47.3 Å². The molecule has 1 unspecified atom stereocenters. The summed E-state index contributed by atoms with van der Waals surface area (Å²) in [5.41, 5.74) is 4.43. The summed E-state index contributed by atoms with van der Waals surface area (Å²) >= 11 is 6.89. The Morgan fingerprint density at radius 3 is 2.57 bits per heavy atom. The molecule has 2 heterocycles. The lowest BCUT2D eigenvalue weighted by molar-refractivity contribution is 0.241. The minimum Gasteiger partial charge on any atom is -0.489 e. The highest BCUT2D eigenvalue weighted by atomic mass is 79.9. The van der Waals surface area contributed by atoms with Crippen LogP contribution in [0.5, 0.6) is 5.75 Å². The van der Waals surface area contributed by atoms with E-state index >= 15 is 0 Å². The molecule has 2 rings (SSSR count). The second-order valence-corrected chi connectivity index (χ2v) is 6.51. The van der Waals surface area contributed by atoms with Gasteiger partial charge < -0.3 is 4.74 Å². The van der Waals surface area contributed by atoms with Crippen LogP contribution in [0.3, 0.4) is 0 Å². The van der Waals surface area contributed by atoms with Crippen molar-refractivity contribution < 1.29 is 4.74 Å². The van der Waals surface area contributed by atoms with Crippen molar-refractivity contribution in [2.75, 3.05) is 0 Å². The number of aromatic nitrogens is 2. The molecule has 3 N–H and O–H groups in total. The van der Waals surface area contributed by atoms with E-state index in [0.717, 1.165) is 20.2 Å². The Balaban J connectivity index is 2.37. The van der Waals surface area contributed by atoms with Gasteiger partial charge in [-0.3, -0.25) is 15.8 Å². The molecule has 0 aliphatic rings. The van der Waals surface area contributed by atoms with Gasteiger partial charge in [0.2, 0.25) is 0 Å². The molecule has 7 heteroatoms. The summed E-state index contributed by atoms with van der Waals surface area (Å²) in [4.78, 5) is 8.62. The Hall–Kier alpha value is -1.02. The Kier molecular flexibility index (Phi) is 5.69. The van der Waals surface area contributed by atoms with Gasteiger partial charge in [-0.05, 0) is 63.4 Å². The minimum absolute atomic E-state index is 0.0869. The van der Waals surface area contributed by atoms with Gasteiger partial charge in [0.15, 0.2) is 0 Å². The van der Waals surface area contributed by atoms with Crippen LogP contribution >= 0.6 is 31.9 Å². The van der Waals surface area contributed by atoms with Gasteiger partial charge in [0.25, 0.3) is 0 Å². The number of hydrogen-bond donors (Lipinski definition) is 2. The first-order valence-electron chi connectivity index (χ1n) is 6.40. The SMILES string of the molecule is CC(C)Oc1cncc(C(NN)c2ncc(Br)cc2Br)c1. The third-order valence-electron chi connectivity index (χ3n) is 2.72. The standard InChI is InChI=1S/C14H16Br2N4O/c1-8(2)21-11-3-9(5-18-7-11)13(20-17)14-12(16)4-10(15)6-19-14/h3-8,13,20H,17H2,1-2H3. The molecule has 0 aromatic carbocycles. The lowest BCUT2D eigenvalue weighted by atomic mass is 10.1. The topological polar surface area (TPSA) is 73.1 Å². The monoisotopic (exact) mass is 414 g/mol. The van der Waals surface area contributed by atoms with Crippen molar-refractivity contribution in [1.82, 2.24) is 15.4 Å². The molecule has 0 fully saturated rings. The molecule has 112 valence electrons. The number of hydrazine groups is 1. The number of rotatable bonds is 5. The second kappa shape index (κ2) is 7.31. The van der Waals surface area contributed by atoms with E-state index < -0.39 is 0 Å². The molecule has 2 aromatic rings. The molecule has 0 saturated carbocycles. The van der Waals surface area contributed by atoms with Crippen molar-refractivity contribution in [3.8, 4) is 5.75 Å². The quantitative estimate of drug-likeness (QED) is 0.578. The van der Waals surface area contributed by atoms with Gasteiger partial charge in [-0.2, -0.15) is 0 Å². The summed E-state index contributed by atoms with van der Waals surface area (Å²) in [7, 11) is 0. The van der Waals surface area contributed by atoms with Gasteiger partial charge in [0.1, 0.15) is 5.75 Å². The molecule has 5 nitrogen and oxygen atoms in total. The number of nitrogens with zero attached hydrogens (tertiary/aromatic N) is 2. The van der Waals surface area contributed by atoms with Gasteiger partial charge in [-0.25, -0.2) is 5.43 Å². The van der Waals surface area contributed by atoms with Crippen molar-refractivity contribution in [2.24, 2.45) is 5.84 Å². The van der Waals surface area contributed by atoms with Crippen LogP contribution in [0.2, 0.25) is 0 Å². The number of nitrogens with two attached hydrogens (primary N) is 1. The fourth-order valence-corrected chi connectivity index (χ4v) is 3.12. The second-order valence-electron chi connectivity index (χ2n) is 4.74. The molecule has 0 spiro atoms. The molecule has 0 aliphatic heterocycles. The normalized spacial score (nSPS) is 12.5. The summed E-state index contributed by atoms with van der Waals surface area (Å²) in [6.45, 7) is 3.94. The average Bonchev–Trinajstić information content (AvgIpc) is 2.41. The highest BCUT2D eigenvalue weighted by molar-refractivity contribution is 9.11. The van der Waals surface area contributed by atoms with Crippen molar-refractivity contribution in [3.63, 3.8) is 0 Å². The van der Waals surface area contributed by atoms with E-state index in [1.807, 2.05) is 26.0 Å². The molecule has 0 aliphatic carbocycles. The predicted octanol–water partition coefficient (Wildman–Crippen LogP) is 3.34. The molecule has 0 bridgehead atoms. The fraction of sp³-hybridized carbons (Fsp3) is 0.286. The van der Waals surface area contributed by atoms with E-state index in [-0.39, 0.29) is 12.1 Å². The summed E-state index contributed by atoms with van der Waals surface area (Å²) in [6, 6.07) is 3.55. The van der Waals surface area contributed by atoms with Crippen LogP contribution in [0.15, 0.2) is 39.7 Å². The number of hydrogen-bond acceptors (Lipinski definition) is 5. The van der Waals surface area contributed by atoms with Crippen LogP contribution in [-0.2, 0) is 0 Å². The molecular formula is C14H16Br2N4O. The molecule has 0 amide bonds. The van der Waals surface area contributed by atoms with E-state index in [1.165, 1.54) is 0 Å². The predicted molar refractivity (Wildman–Crippen MR) is 88.8 cm³/mol. The Morgan fingerprint density at radius 1 is 1.19 bits per heavy atom. The summed E-state index contributed by atoms with van der Waals surface area (Å²) in [5.74, 6) is 6.41. The zero-order valence-corrected chi connectivity index (χ0v) is 14.8. The molecule has 0 saturated heterocycles. The maximum atomic E-state index is 5.70. The van der Waals surface area contributed by atoms with Crippen molar-refractivity contribution >= 4 is 31.9 Å². The number of pyridine rings is 2. The van der Waals surface area contributed by atoms with E-state index in [1.54, 1.807) is 18.6 Å². The molecule has 21 heavy (non-hydrogen) atoms. The van der Waals surface area contributed by atoms with E-state index in [9.17, 15) is 0 Å². The van der Waals surface area contributed by atoms with Crippen LogP contribution in [0.1, 0.15) is 31.1 Å². The number of nitrogens with one attached hydrogen (secondary N) is 1. The van der Waals surface area contributed by atoms with Crippen LogP contribution in [-0.4, -0.2) is 16.1 Å². The minimum atomic E-state index is -0.282. The van der Waals surface area contributed by atoms with Crippen molar-refractivity contribution in [2.45, 2.75) is 26.0 Å². The van der Waals surface area contributed by atoms with Crippen LogP contribution in [0, 0.1) is 0 Å². The first-order chi connectivity index (χ1) is 10.0. The molecule has 0 radical (unpaired) electrons. The van der Waals surface area contributed by atoms with Crippen LogP contribution in [0.4, 0.5) is 0 Å². The van der Waals surface area contributed by atoms with Crippen molar-refractivity contribution in [3.05, 3.63) is 50.9 Å². The van der Waals surface area contributed by atoms with Crippen LogP contribution < -0.4 is 16.0 Å². The summed E-state index contributed by atoms with van der Waals surface area (Å²) in [6.07, 6.45) is 5.24. The Bertz CT molecular complexity index is 622. The maximum Gasteiger partial charge on any atom is 0.138 e. The van der Waals surface area contributed by atoms with Gasteiger partial charge >= 0.3 is 0 Å². The maximum absolute atomic E-state index is 5.70. The molecular weight excluding hydrogens is 400 g/mol. The highest BCUT2D eigenvalue weighted by Crippen LogP contribution is 2.29. The van der Waals surface area contributed by atoms with E-state index in [4.69, 9.17) is 10.6 Å². The summed E-state index contributed by atoms with van der Waals surface area (Å²) < 4.78 is 7.41. The fourth-order valence-electron chi connectivity index (χ4n) is 1.90. The van der Waals surface area contributed by atoms with Crippen LogP contribution in [0.25, 0.3) is 0 Å². The zero-order chi connectivity index (χ0) is 15.4. The Morgan fingerprint density at radius 2 is 1.95 bits per heavy atom. The lowest BCUT2D eigenvalue weighted by Crippen LogP contribution is -2.30. The first kappa shape index (κ1) is 16.4. The molecule has 2 aromatic heterocycles. The number of halogens is 2. The number of ether oxygens (including phenoxy) is 1. The van der Waals surface area contributed by atoms with Crippen molar-refractivity contribution in [1.29, 1.82) is 0 Å². The molecule has 1 atom stereocenters. The highest BCUT2D eigenvalue weighted by Gasteiger charge is 2.18. The zero-order valence-electron chi connectivity index (χ0n) is 11.7. The van der Waals surface area contributed by atoms with Gasteiger partial charge in [0, 0.05) is 21.3 Å². The average molecular weight is 416 g/mol. The summed E-state index contributed by atoms with van der Waals surface area (Å²) in [5, 5.41) is 0.